The number of ether oxygens (including phenoxy) is 1. The molecule has 0 radical (unpaired) electrons. The van der Waals surface area contributed by atoms with Crippen molar-refractivity contribution in [3.05, 3.63) is 52.5 Å². The summed E-state index contributed by atoms with van der Waals surface area (Å²) >= 11 is 3.28. The summed E-state index contributed by atoms with van der Waals surface area (Å²) in [4.78, 5) is 0.211. The number of benzene rings is 2. The van der Waals surface area contributed by atoms with Crippen molar-refractivity contribution in [3.8, 4) is 5.75 Å². The van der Waals surface area contributed by atoms with Crippen LogP contribution in [-0.4, -0.2) is 15.5 Å². The van der Waals surface area contributed by atoms with Crippen LogP contribution in [0.1, 0.15) is 5.56 Å². The van der Waals surface area contributed by atoms with Crippen LogP contribution < -0.4 is 9.46 Å². The quantitative estimate of drug-likeness (QED) is 0.911. The molecule has 0 aliphatic heterocycles. The smallest absolute Gasteiger partial charge is 0.261 e. The molecule has 0 bridgehead atoms. The summed E-state index contributed by atoms with van der Waals surface area (Å²) in [5.41, 5.74) is 1.33. The summed E-state index contributed by atoms with van der Waals surface area (Å²) in [6, 6.07) is 11.7. The Bertz CT molecular complexity index is 712. The molecule has 20 heavy (non-hydrogen) atoms. The Morgan fingerprint density at radius 1 is 1.10 bits per heavy atom. The van der Waals surface area contributed by atoms with E-state index in [4.69, 9.17) is 4.74 Å². The van der Waals surface area contributed by atoms with Crippen LogP contribution in [0.25, 0.3) is 0 Å². The molecule has 0 heterocycles. The molecule has 4 nitrogen and oxygen atoms in total. The zero-order valence-corrected chi connectivity index (χ0v) is 13.5. The van der Waals surface area contributed by atoms with Gasteiger partial charge in [0.25, 0.3) is 10.0 Å². The van der Waals surface area contributed by atoms with Gasteiger partial charge in [-0.05, 0) is 42.8 Å². The van der Waals surface area contributed by atoms with Crippen LogP contribution >= 0.6 is 15.9 Å². The van der Waals surface area contributed by atoms with Crippen LogP contribution in [0.3, 0.4) is 0 Å². The fourth-order valence-electron chi connectivity index (χ4n) is 1.66. The average molecular weight is 356 g/mol. The van der Waals surface area contributed by atoms with Gasteiger partial charge in [-0.3, -0.25) is 4.72 Å². The van der Waals surface area contributed by atoms with Crippen molar-refractivity contribution in [1.82, 2.24) is 0 Å². The zero-order chi connectivity index (χ0) is 14.8. The molecule has 1 N–H and O–H groups in total. The summed E-state index contributed by atoms with van der Waals surface area (Å²) < 4.78 is 33.1. The van der Waals surface area contributed by atoms with Crippen LogP contribution in [0.15, 0.2) is 51.8 Å². The highest BCUT2D eigenvalue weighted by Gasteiger charge is 2.15. The lowest BCUT2D eigenvalue weighted by Crippen LogP contribution is -2.13. The van der Waals surface area contributed by atoms with Crippen molar-refractivity contribution in [2.45, 2.75) is 11.8 Å². The molecule has 0 unspecified atom stereocenters. The van der Waals surface area contributed by atoms with E-state index in [9.17, 15) is 8.42 Å². The number of nitrogens with one attached hydrogen (secondary N) is 1. The average Bonchev–Trinajstić information content (AvgIpc) is 2.41. The SMILES string of the molecule is COc1ccc(C)c(NS(=O)(=O)c2ccc(Br)cc2)c1. The highest BCUT2D eigenvalue weighted by atomic mass is 79.9. The predicted octanol–water partition coefficient (Wildman–Crippen LogP) is 3.57. The fourth-order valence-corrected chi connectivity index (χ4v) is 3.04. The van der Waals surface area contributed by atoms with Crippen LogP contribution in [0.5, 0.6) is 5.75 Å². The van der Waals surface area contributed by atoms with E-state index in [0.717, 1.165) is 10.0 Å². The number of hydrogen-bond donors (Lipinski definition) is 1. The Morgan fingerprint density at radius 3 is 2.35 bits per heavy atom. The molecule has 6 heteroatoms. The molecule has 2 aromatic rings. The second-order valence-corrected chi connectivity index (χ2v) is 6.84. The Hall–Kier alpha value is -1.53. The Kier molecular flexibility index (Phi) is 4.35. The molecule has 0 atom stereocenters. The van der Waals surface area contributed by atoms with Gasteiger partial charge >= 0.3 is 0 Å². The lowest BCUT2D eigenvalue weighted by Gasteiger charge is -2.12. The van der Waals surface area contributed by atoms with E-state index in [-0.39, 0.29) is 4.90 Å². The van der Waals surface area contributed by atoms with Crippen molar-refractivity contribution >= 4 is 31.6 Å². The number of halogens is 1. The molecule has 0 saturated carbocycles. The molecule has 0 aliphatic carbocycles. The van der Waals surface area contributed by atoms with Crippen LogP contribution in [0.4, 0.5) is 5.69 Å². The lowest BCUT2D eigenvalue weighted by molar-refractivity contribution is 0.415. The number of sulfonamides is 1. The minimum atomic E-state index is -3.60. The van der Waals surface area contributed by atoms with E-state index in [2.05, 4.69) is 20.7 Å². The minimum Gasteiger partial charge on any atom is -0.497 e. The van der Waals surface area contributed by atoms with Crippen molar-refractivity contribution in [2.75, 3.05) is 11.8 Å². The second-order valence-electron chi connectivity index (χ2n) is 4.24. The Labute approximate surface area is 127 Å². The molecule has 106 valence electrons. The van der Waals surface area contributed by atoms with E-state index in [0.29, 0.717) is 11.4 Å². The first-order valence-corrected chi connectivity index (χ1v) is 8.13. The third kappa shape index (κ3) is 3.32. The van der Waals surface area contributed by atoms with Gasteiger partial charge in [0.2, 0.25) is 0 Å². The van der Waals surface area contributed by atoms with Crippen LogP contribution in [-0.2, 0) is 10.0 Å². The van der Waals surface area contributed by atoms with E-state index in [1.54, 1.807) is 42.5 Å². The number of hydrogen-bond acceptors (Lipinski definition) is 3. The summed E-state index contributed by atoms with van der Waals surface area (Å²) in [5, 5.41) is 0. The number of rotatable bonds is 4. The molecule has 0 spiro atoms. The molecular weight excluding hydrogens is 342 g/mol. The van der Waals surface area contributed by atoms with Gasteiger partial charge in [0, 0.05) is 10.5 Å². The molecule has 2 aromatic carbocycles. The molecule has 2 rings (SSSR count). The fraction of sp³-hybridized carbons (Fsp3) is 0.143. The first-order valence-electron chi connectivity index (χ1n) is 5.85. The van der Waals surface area contributed by atoms with E-state index < -0.39 is 10.0 Å². The highest BCUT2D eigenvalue weighted by molar-refractivity contribution is 9.10. The van der Waals surface area contributed by atoms with Gasteiger partial charge in [-0.1, -0.05) is 22.0 Å². The molecule has 0 aliphatic rings. The largest absolute Gasteiger partial charge is 0.497 e. The summed E-state index contributed by atoms with van der Waals surface area (Å²) in [7, 11) is -2.06. The maximum absolute atomic E-state index is 12.3. The third-order valence-corrected chi connectivity index (χ3v) is 4.72. The minimum absolute atomic E-state index is 0.211. The van der Waals surface area contributed by atoms with Gasteiger partial charge in [-0.15, -0.1) is 0 Å². The number of aryl methyl sites for hydroxylation is 1. The van der Waals surface area contributed by atoms with E-state index in [1.807, 2.05) is 6.92 Å². The first-order chi connectivity index (χ1) is 9.42. The van der Waals surface area contributed by atoms with E-state index in [1.165, 1.54) is 7.11 Å². The molecule has 0 amide bonds. The van der Waals surface area contributed by atoms with Crippen molar-refractivity contribution in [3.63, 3.8) is 0 Å². The van der Waals surface area contributed by atoms with Gasteiger partial charge in [-0.2, -0.15) is 0 Å². The summed E-state index contributed by atoms with van der Waals surface area (Å²) in [6.45, 7) is 1.83. The normalized spacial score (nSPS) is 11.2. The van der Waals surface area contributed by atoms with Crippen molar-refractivity contribution in [2.24, 2.45) is 0 Å². The third-order valence-electron chi connectivity index (χ3n) is 2.81. The van der Waals surface area contributed by atoms with Crippen molar-refractivity contribution in [1.29, 1.82) is 0 Å². The van der Waals surface area contributed by atoms with Gasteiger partial charge in [0.05, 0.1) is 17.7 Å². The Balaban J connectivity index is 2.35. The molecule has 0 fully saturated rings. The highest BCUT2D eigenvalue weighted by Crippen LogP contribution is 2.25. The van der Waals surface area contributed by atoms with Crippen LogP contribution in [0, 0.1) is 6.92 Å². The van der Waals surface area contributed by atoms with Gasteiger partial charge < -0.3 is 4.74 Å². The number of anilines is 1. The Morgan fingerprint density at radius 2 is 1.75 bits per heavy atom. The topological polar surface area (TPSA) is 55.4 Å². The lowest BCUT2D eigenvalue weighted by atomic mass is 10.2. The van der Waals surface area contributed by atoms with Gasteiger partial charge in [0.1, 0.15) is 5.75 Å². The molecule has 0 aromatic heterocycles. The second kappa shape index (κ2) is 5.85. The van der Waals surface area contributed by atoms with Gasteiger partial charge in [-0.25, -0.2) is 8.42 Å². The first kappa shape index (κ1) is 14.9. The standard InChI is InChI=1S/C14H14BrNO3S/c1-10-3-6-12(19-2)9-14(10)16-20(17,18)13-7-4-11(15)5-8-13/h3-9,16H,1-2H3. The predicted molar refractivity (Wildman–Crippen MR) is 82.7 cm³/mol. The maximum atomic E-state index is 12.3. The van der Waals surface area contributed by atoms with Gasteiger partial charge in [0.15, 0.2) is 0 Å². The monoisotopic (exact) mass is 355 g/mol. The summed E-state index contributed by atoms with van der Waals surface area (Å²) in [5.74, 6) is 0.601. The van der Waals surface area contributed by atoms with E-state index >= 15 is 0 Å². The summed E-state index contributed by atoms with van der Waals surface area (Å²) in [6.07, 6.45) is 0. The van der Waals surface area contributed by atoms with Crippen molar-refractivity contribution < 1.29 is 13.2 Å². The number of methoxy groups -OCH3 is 1. The molecular formula is C14H14BrNO3S. The molecule has 0 saturated heterocycles. The maximum Gasteiger partial charge on any atom is 0.261 e. The van der Waals surface area contributed by atoms with Crippen LogP contribution in [0.2, 0.25) is 0 Å². The zero-order valence-electron chi connectivity index (χ0n) is 11.1.